The van der Waals surface area contributed by atoms with Crippen molar-refractivity contribution in [2.75, 3.05) is 20.5 Å². The Kier molecular flexibility index (Phi) is 5.11. The SMILES string of the molecule is COCOCC1C2CCC(C(O)C2)N1C(=O)OC(C)(C)C. The summed E-state index contributed by atoms with van der Waals surface area (Å²) in [4.78, 5) is 14.2. The van der Waals surface area contributed by atoms with Gasteiger partial charge in [-0.2, -0.15) is 0 Å². The third kappa shape index (κ3) is 3.87. The maximum Gasteiger partial charge on any atom is 0.410 e. The molecule has 3 fully saturated rings. The first-order valence-corrected chi connectivity index (χ1v) is 7.59. The van der Waals surface area contributed by atoms with Crippen molar-refractivity contribution in [1.82, 2.24) is 4.90 Å². The predicted molar refractivity (Wildman–Crippen MR) is 76.8 cm³/mol. The predicted octanol–water partition coefficient (Wildman–Crippen LogP) is 1.76. The van der Waals surface area contributed by atoms with Crippen LogP contribution in [0.5, 0.6) is 0 Å². The van der Waals surface area contributed by atoms with E-state index in [0.29, 0.717) is 6.61 Å². The van der Waals surface area contributed by atoms with Gasteiger partial charge in [0.25, 0.3) is 0 Å². The largest absolute Gasteiger partial charge is 0.444 e. The lowest BCUT2D eigenvalue weighted by Crippen LogP contribution is -2.64. The van der Waals surface area contributed by atoms with Crippen LogP contribution in [-0.4, -0.2) is 60.4 Å². The maximum absolute atomic E-state index is 12.5. The van der Waals surface area contributed by atoms with E-state index in [1.165, 1.54) is 0 Å². The standard InChI is InChI=1S/C15H27NO5/c1-15(2,3)21-14(18)16-11-6-5-10(7-13(11)17)12(16)8-20-9-19-4/h10-13,17H,5-9H2,1-4H3. The molecule has 21 heavy (non-hydrogen) atoms. The molecule has 0 radical (unpaired) electrons. The first-order valence-electron chi connectivity index (χ1n) is 7.59. The molecule has 2 bridgehead atoms. The Bertz CT molecular complexity index is 368. The molecule has 1 amide bonds. The number of rotatable bonds is 4. The fourth-order valence-corrected chi connectivity index (χ4v) is 3.36. The Morgan fingerprint density at radius 2 is 2.05 bits per heavy atom. The Hall–Kier alpha value is -0.850. The first kappa shape index (κ1) is 16.5. The van der Waals surface area contributed by atoms with Crippen LogP contribution in [0.3, 0.4) is 0 Å². The zero-order valence-corrected chi connectivity index (χ0v) is 13.4. The van der Waals surface area contributed by atoms with E-state index in [2.05, 4.69) is 0 Å². The summed E-state index contributed by atoms with van der Waals surface area (Å²) in [6.07, 6.45) is 1.75. The lowest BCUT2D eigenvalue weighted by Gasteiger charge is -2.53. The summed E-state index contributed by atoms with van der Waals surface area (Å²) in [7, 11) is 1.57. The van der Waals surface area contributed by atoms with Gasteiger partial charge in [0.2, 0.25) is 0 Å². The highest BCUT2D eigenvalue weighted by molar-refractivity contribution is 5.69. The summed E-state index contributed by atoms with van der Waals surface area (Å²) < 4.78 is 15.9. The molecule has 2 saturated heterocycles. The molecular formula is C15H27NO5. The highest BCUT2D eigenvalue weighted by Gasteiger charge is 2.49. The van der Waals surface area contributed by atoms with Crippen molar-refractivity contribution in [2.45, 2.75) is 63.8 Å². The second-order valence-corrected chi connectivity index (χ2v) is 6.94. The molecule has 0 aromatic rings. The van der Waals surface area contributed by atoms with E-state index in [9.17, 15) is 9.90 Å². The van der Waals surface area contributed by atoms with Gasteiger partial charge >= 0.3 is 6.09 Å². The number of hydrogen-bond acceptors (Lipinski definition) is 5. The minimum absolute atomic E-state index is 0.0443. The lowest BCUT2D eigenvalue weighted by atomic mass is 9.73. The van der Waals surface area contributed by atoms with E-state index in [1.807, 2.05) is 20.8 Å². The highest BCUT2D eigenvalue weighted by Crippen LogP contribution is 2.40. The molecule has 4 unspecified atom stereocenters. The normalized spacial score (nSPS) is 32.3. The topological polar surface area (TPSA) is 68.2 Å². The van der Waals surface area contributed by atoms with Crippen molar-refractivity contribution < 1.29 is 24.1 Å². The monoisotopic (exact) mass is 301 g/mol. The van der Waals surface area contributed by atoms with Crippen LogP contribution in [0.2, 0.25) is 0 Å². The van der Waals surface area contributed by atoms with Gasteiger partial charge in [-0.05, 0) is 46.0 Å². The molecule has 3 aliphatic rings. The fourth-order valence-electron chi connectivity index (χ4n) is 3.36. The number of aliphatic hydroxyl groups is 1. The third-order valence-corrected chi connectivity index (χ3v) is 4.17. The van der Waals surface area contributed by atoms with Gasteiger partial charge in [-0.25, -0.2) is 4.79 Å². The summed E-state index contributed by atoms with van der Waals surface area (Å²) in [5.41, 5.74) is -0.545. The molecule has 122 valence electrons. The summed E-state index contributed by atoms with van der Waals surface area (Å²) >= 11 is 0. The van der Waals surface area contributed by atoms with Gasteiger partial charge in [0, 0.05) is 7.11 Å². The number of hydrogen-bond donors (Lipinski definition) is 1. The van der Waals surface area contributed by atoms with Crippen molar-refractivity contribution in [1.29, 1.82) is 0 Å². The Morgan fingerprint density at radius 3 is 2.62 bits per heavy atom. The van der Waals surface area contributed by atoms with Gasteiger partial charge < -0.3 is 19.3 Å². The van der Waals surface area contributed by atoms with E-state index in [1.54, 1.807) is 12.0 Å². The molecule has 6 nitrogen and oxygen atoms in total. The number of carbonyl (C=O) groups excluding carboxylic acids is 1. The Labute approximate surface area is 126 Å². The van der Waals surface area contributed by atoms with Crippen LogP contribution in [0.1, 0.15) is 40.0 Å². The first-order chi connectivity index (χ1) is 9.83. The number of amides is 1. The van der Waals surface area contributed by atoms with Gasteiger partial charge in [0.1, 0.15) is 12.4 Å². The molecule has 1 aliphatic carbocycles. The zero-order chi connectivity index (χ0) is 15.6. The van der Waals surface area contributed by atoms with Crippen molar-refractivity contribution in [3.05, 3.63) is 0 Å². The molecule has 1 N–H and O–H groups in total. The summed E-state index contributed by atoms with van der Waals surface area (Å²) in [5, 5.41) is 10.2. The molecule has 6 heteroatoms. The molecule has 0 spiro atoms. The van der Waals surface area contributed by atoms with Crippen LogP contribution in [0, 0.1) is 5.92 Å². The third-order valence-electron chi connectivity index (χ3n) is 4.17. The summed E-state index contributed by atoms with van der Waals surface area (Å²) in [6, 6.07) is -0.210. The summed E-state index contributed by atoms with van der Waals surface area (Å²) in [5.74, 6) is 0.259. The smallest absolute Gasteiger partial charge is 0.410 e. The zero-order valence-electron chi connectivity index (χ0n) is 13.4. The van der Waals surface area contributed by atoms with Crippen molar-refractivity contribution in [2.24, 2.45) is 5.92 Å². The second kappa shape index (κ2) is 6.50. The maximum atomic E-state index is 12.5. The van der Waals surface area contributed by atoms with Gasteiger partial charge in [-0.15, -0.1) is 0 Å². The van der Waals surface area contributed by atoms with Crippen LogP contribution in [0.4, 0.5) is 4.79 Å². The van der Waals surface area contributed by atoms with Crippen molar-refractivity contribution in [3.8, 4) is 0 Å². The van der Waals surface area contributed by atoms with E-state index < -0.39 is 11.7 Å². The van der Waals surface area contributed by atoms with Gasteiger partial charge in [-0.3, -0.25) is 4.90 Å². The van der Waals surface area contributed by atoms with Crippen molar-refractivity contribution in [3.63, 3.8) is 0 Å². The number of piperidine rings is 2. The number of aliphatic hydroxyl groups excluding tert-OH is 1. The van der Waals surface area contributed by atoms with Gasteiger partial charge in [-0.1, -0.05) is 0 Å². The summed E-state index contributed by atoms with van der Waals surface area (Å²) in [6.45, 7) is 6.17. The number of carbonyl (C=O) groups is 1. The molecule has 4 atom stereocenters. The quantitative estimate of drug-likeness (QED) is 0.633. The van der Waals surface area contributed by atoms with E-state index in [-0.39, 0.29) is 30.9 Å². The minimum Gasteiger partial charge on any atom is -0.444 e. The van der Waals surface area contributed by atoms with Crippen LogP contribution < -0.4 is 0 Å². The minimum atomic E-state index is -0.545. The lowest BCUT2D eigenvalue weighted by molar-refractivity contribution is -0.126. The van der Waals surface area contributed by atoms with E-state index >= 15 is 0 Å². The second-order valence-electron chi connectivity index (χ2n) is 6.94. The highest BCUT2D eigenvalue weighted by atomic mass is 16.7. The Balaban J connectivity index is 2.10. The molecule has 3 rings (SSSR count). The molecule has 2 heterocycles. The molecule has 0 aromatic carbocycles. The van der Waals surface area contributed by atoms with E-state index in [0.717, 1.165) is 19.3 Å². The van der Waals surface area contributed by atoms with Gasteiger partial charge in [0.05, 0.1) is 24.8 Å². The molecule has 0 aromatic heterocycles. The van der Waals surface area contributed by atoms with Crippen LogP contribution >= 0.6 is 0 Å². The van der Waals surface area contributed by atoms with Crippen LogP contribution in [-0.2, 0) is 14.2 Å². The molecule has 2 aliphatic heterocycles. The van der Waals surface area contributed by atoms with Crippen LogP contribution in [0.25, 0.3) is 0 Å². The van der Waals surface area contributed by atoms with Gasteiger partial charge in [0.15, 0.2) is 0 Å². The average molecular weight is 301 g/mol. The molecular weight excluding hydrogens is 274 g/mol. The average Bonchev–Trinajstić information content (AvgIpc) is 2.37. The number of fused-ring (bicyclic) bond motifs is 3. The van der Waals surface area contributed by atoms with E-state index in [4.69, 9.17) is 14.2 Å². The van der Waals surface area contributed by atoms with Crippen molar-refractivity contribution >= 4 is 6.09 Å². The van der Waals surface area contributed by atoms with Crippen LogP contribution in [0.15, 0.2) is 0 Å². The fraction of sp³-hybridized carbons (Fsp3) is 0.933. The Morgan fingerprint density at radius 1 is 1.33 bits per heavy atom. The molecule has 1 saturated carbocycles. The number of ether oxygens (including phenoxy) is 3. The number of methoxy groups -OCH3 is 1. The number of nitrogens with zero attached hydrogens (tertiary/aromatic N) is 1.